The van der Waals surface area contributed by atoms with Gasteiger partial charge in [-0.1, -0.05) is 79.6 Å². The van der Waals surface area contributed by atoms with Crippen LogP contribution in [0.1, 0.15) is 43.7 Å². The number of hydrogen-bond acceptors (Lipinski definition) is 2. The number of aliphatic hydroxyl groups excluding tert-OH is 1. The average molecular weight is 321 g/mol. The van der Waals surface area contributed by atoms with Crippen LogP contribution in [-0.2, 0) is 0 Å². The minimum atomic E-state index is -0.284. The number of benzene rings is 2. The fourth-order valence-electron chi connectivity index (χ4n) is 3.57. The predicted octanol–water partition coefficient (Wildman–Crippen LogP) is 4.70. The Kier molecular flexibility index (Phi) is 5.84. The van der Waals surface area contributed by atoms with Crippen molar-refractivity contribution in [3.8, 4) is 0 Å². The Morgan fingerprint density at radius 1 is 0.917 bits per heavy atom. The van der Waals surface area contributed by atoms with E-state index in [9.17, 15) is 5.11 Å². The molecule has 2 heteroatoms. The third-order valence-electron chi connectivity index (χ3n) is 4.85. The minimum Gasteiger partial charge on any atom is -0.378 e. The predicted molar refractivity (Wildman–Crippen MR) is 101 cm³/mol. The lowest BCUT2D eigenvalue weighted by molar-refractivity contribution is -0.00732. The van der Waals surface area contributed by atoms with E-state index in [2.05, 4.69) is 72.5 Å². The van der Waals surface area contributed by atoms with Gasteiger partial charge in [0.25, 0.3) is 0 Å². The van der Waals surface area contributed by atoms with E-state index in [4.69, 9.17) is 0 Å². The van der Waals surface area contributed by atoms with E-state index in [0.29, 0.717) is 0 Å². The first-order valence-electron chi connectivity index (χ1n) is 9.04. The van der Waals surface area contributed by atoms with E-state index in [1.165, 1.54) is 22.3 Å². The standard InChI is InChI=1S/C22H27NO/c1-2-9-21(24)23-16-14-20(15-17-23)22(18-10-5-3-6-11-18)19-12-7-4-8-13-19/h3-8,10-13,21,24H,2,9,14-17H2,1H3. The zero-order chi connectivity index (χ0) is 16.8. The highest BCUT2D eigenvalue weighted by Crippen LogP contribution is 2.32. The van der Waals surface area contributed by atoms with Gasteiger partial charge in [-0.15, -0.1) is 0 Å². The SMILES string of the molecule is CCCC(O)N1CCC(=C(c2ccccc2)c2ccccc2)CC1. The van der Waals surface area contributed by atoms with Crippen LogP contribution >= 0.6 is 0 Å². The molecule has 126 valence electrons. The van der Waals surface area contributed by atoms with Crippen LogP contribution in [0.4, 0.5) is 0 Å². The van der Waals surface area contributed by atoms with Gasteiger partial charge in [0.05, 0.1) is 0 Å². The van der Waals surface area contributed by atoms with Crippen molar-refractivity contribution in [2.45, 2.75) is 38.8 Å². The van der Waals surface area contributed by atoms with Crippen LogP contribution in [0.25, 0.3) is 5.57 Å². The van der Waals surface area contributed by atoms with E-state index < -0.39 is 0 Å². The Labute approximate surface area is 145 Å². The van der Waals surface area contributed by atoms with Crippen LogP contribution in [0.15, 0.2) is 66.2 Å². The van der Waals surface area contributed by atoms with Gasteiger partial charge >= 0.3 is 0 Å². The Morgan fingerprint density at radius 2 is 1.42 bits per heavy atom. The van der Waals surface area contributed by atoms with Gasteiger partial charge in [0, 0.05) is 13.1 Å². The maximum Gasteiger partial charge on any atom is 0.107 e. The minimum absolute atomic E-state index is 0.284. The van der Waals surface area contributed by atoms with Crippen molar-refractivity contribution < 1.29 is 5.11 Å². The van der Waals surface area contributed by atoms with Gasteiger partial charge in [0.2, 0.25) is 0 Å². The van der Waals surface area contributed by atoms with Gasteiger partial charge in [-0.3, -0.25) is 4.90 Å². The molecule has 1 unspecified atom stereocenters. The quantitative estimate of drug-likeness (QED) is 0.862. The lowest BCUT2D eigenvalue weighted by atomic mass is 9.88. The molecule has 1 heterocycles. The number of rotatable bonds is 5. The summed E-state index contributed by atoms with van der Waals surface area (Å²) >= 11 is 0. The van der Waals surface area contributed by atoms with Gasteiger partial charge in [-0.05, 0) is 36.0 Å². The van der Waals surface area contributed by atoms with E-state index in [-0.39, 0.29) is 6.23 Å². The molecular formula is C22H27NO. The van der Waals surface area contributed by atoms with Gasteiger partial charge < -0.3 is 5.11 Å². The molecule has 0 aromatic heterocycles. The molecule has 1 fully saturated rings. The van der Waals surface area contributed by atoms with Gasteiger partial charge in [-0.2, -0.15) is 0 Å². The van der Waals surface area contributed by atoms with E-state index in [0.717, 1.165) is 38.8 Å². The number of likely N-dealkylation sites (tertiary alicyclic amines) is 1. The molecule has 2 aromatic carbocycles. The van der Waals surface area contributed by atoms with Crippen LogP contribution in [0, 0.1) is 0 Å². The van der Waals surface area contributed by atoms with Crippen molar-refractivity contribution in [2.75, 3.05) is 13.1 Å². The zero-order valence-electron chi connectivity index (χ0n) is 14.5. The summed E-state index contributed by atoms with van der Waals surface area (Å²) in [6, 6.07) is 21.4. The van der Waals surface area contributed by atoms with E-state index >= 15 is 0 Å². The molecule has 1 aliphatic rings. The molecule has 1 aliphatic heterocycles. The molecule has 1 atom stereocenters. The Morgan fingerprint density at radius 3 is 1.88 bits per heavy atom. The molecule has 0 radical (unpaired) electrons. The van der Waals surface area contributed by atoms with Crippen LogP contribution in [-0.4, -0.2) is 29.3 Å². The molecule has 2 aromatic rings. The summed E-state index contributed by atoms with van der Waals surface area (Å²) in [7, 11) is 0. The summed E-state index contributed by atoms with van der Waals surface area (Å²) in [5, 5.41) is 10.2. The highest BCUT2D eigenvalue weighted by Gasteiger charge is 2.22. The second-order valence-electron chi connectivity index (χ2n) is 6.52. The summed E-state index contributed by atoms with van der Waals surface area (Å²) in [5.41, 5.74) is 5.47. The normalized spacial score (nSPS) is 16.8. The van der Waals surface area contributed by atoms with Gasteiger partial charge in [-0.25, -0.2) is 0 Å². The number of nitrogens with zero attached hydrogens (tertiary/aromatic N) is 1. The van der Waals surface area contributed by atoms with Crippen molar-refractivity contribution in [2.24, 2.45) is 0 Å². The molecular weight excluding hydrogens is 294 g/mol. The molecule has 1 saturated heterocycles. The van der Waals surface area contributed by atoms with Crippen LogP contribution in [0.2, 0.25) is 0 Å². The lowest BCUT2D eigenvalue weighted by Crippen LogP contribution is -2.39. The molecule has 2 nitrogen and oxygen atoms in total. The summed E-state index contributed by atoms with van der Waals surface area (Å²) in [6.07, 6.45) is 3.66. The first kappa shape index (κ1) is 16.9. The highest BCUT2D eigenvalue weighted by molar-refractivity contribution is 5.82. The Hall–Kier alpha value is -1.90. The van der Waals surface area contributed by atoms with Crippen molar-refractivity contribution in [3.05, 3.63) is 77.4 Å². The Balaban J connectivity index is 1.88. The highest BCUT2D eigenvalue weighted by atomic mass is 16.3. The molecule has 24 heavy (non-hydrogen) atoms. The summed E-state index contributed by atoms with van der Waals surface area (Å²) < 4.78 is 0. The van der Waals surface area contributed by atoms with Crippen molar-refractivity contribution in [1.29, 1.82) is 0 Å². The molecule has 0 spiro atoms. The first-order chi connectivity index (χ1) is 11.8. The van der Waals surface area contributed by atoms with Gasteiger partial charge in [0.1, 0.15) is 6.23 Å². The molecule has 0 bridgehead atoms. The lowest BCUT2D eigenvalue weighted by Gasteiger charge is -2.33. The topological polar surface area (TPSA) is 23.5 Å². The third-order valence-corrected chi connectivity index (χ3v) is 4.85. The molecule has 0 aliphatic carbocycles. The number of aliphatic hydroxyl groups is 1. The van der Waals surface area contributed by atoms with E-state index in [1.807, 2.05) is 0 Å². The van der Waals surface area contributed by atoms with Crippen molar-refractivity contribution >= 4 is 5.57 Å². The average Bonchev–Trinajstić information content (AvgIpc) is 2.64. The maximum absolute atomic E-state index is 10.2. The second-order valence-corrected chi connectivity index (χ2v) is 6.52. The molecule has 0 saturated carbocycles. The smallest absolute Gasteiger partial charge is 0.107 e. The van der Waals surface area contributed by atoms with Crippen LogP contribution in [0.5, 0.6) is 0 Å². The fourth-order valence-corrected chi connectivity index (χ4v) is 3.57. The summed E-state index contributed by atoms with van der Waals surface area (Å²) in [4.78, 5) is 2.22. The second kappa shape index (κ2) is 8.27. The van der Waals surface area contributed by atoms with Crippen LogP contribution in [0.3, 0.4) is 0 Å². The van der Waals surface area contributed by atoms with Gasteiger partial charge in [0.15, 0.2) is 0 Å². The van der Waals surface area contributed by atoms with Crippen molar-refractivity contribution in [1.82, 2.24) is 4.90 Å². The van der Waals surface area contributed by atoms with E-state index in [1.54, 1.807) is 0 Å². The zero-order valence-corrected chi connectivity index (χ0v) is 14.5. The Bertz CT molecular complexity index is 611. The maximum atomic E-state index is 10.2. The van der Waals surface area contributed by atoms with Crippen LogP contribution < -0.4 is 0 Å². The van der Waals surface area contributed by atoms with Crippen molar-refractivity contribution in [3.63, 3.8) is 0 Å². The fraction of sp³-hybridized carbons (Fsp3) is 0.364. The molecule has 3 rings (SSSR count). The molecule has 0 amide bonds. The molecule has 1 N–H and O–H groups in total. The third kappa shape index (κ3) is 3.95. The largest absolute Gasteiger partial charge is 0.378 e. The monoisotopic (exact) mass is 321 g/mol. The summed E-state index contributed by atoms with van der Waals surface area (Å²) in [5.74, 6) is 0. The number of piperidine rings is 1. The first-order valence-corrected chi connectivity index (χ1v) is 9.04. The number of hydrogen-bond donors (Lipinski definition) is 1. The summed E-state index contributed by atoms with van der Waals surface area (Å²) in [6.45, 7) is 4.01.